The number of hydrogen-bond donors (Lipinski definition) is 2. The summed E-state index contributed by atoms with van der Waals surface area (Å²) in [6.45, 7) is 3.57. The van der Waals surface area contributed by atoms with Crippen molar-refractivity contribution in [3.63, 3.8) is 0 Å². The van der Waals surface area contributed by atoms with Crippen LogP contribution in [-0.2, 0) is 6.42 Å². The lowest BCUT2D eigenvalue weighted by molar-refractivity contribution is 0.834. The molecule has 0 aliphatic heterocycles. The van der Waals surface area contributed by atoms with E-state index in [0.717, 1.165) is 41.2 Å². The maximum absolute atomic E-state index is 9.00. The van der Waals surface area contributed by atoms with Crippen LogP contribution in [0.2, 0.25) is 5.02 Å². The van der Waals surface area contributed by atoms with Crippen molar-refractivity contribution in [3.05, 3.63) is 58.9 Å². The normalized spacial score (nSPS) is 11.0. The third-order valence-electron chi connectivity index (χ3n) is 3.65. The van der Waals surface area contributed by atoms with Gasteiger partial charge in [-0.25, -0.2) is 0 Å². The maximum atomic E-state index is 9.00. The van der Waals surface area contributed by atoms with Gasteiger partial charge in [-0.2, -0.15) is 5.26 Å². The number of hydrogen-bond acceptors (Lipinski definition) is 4. The fraction of sp³-hybridized carbons (Fsp3) is 0.316. The third-order valence-corrected chi connectivity index (χ3v) is 4.02. The van der Waals surface area contributed by atoms with E-state index >= 15 is 0 Å². The Morgan fingerprint density at radius 3 is 2.92 bits per heavy atom. The first-order valence-corrected chi connectivity index (χ1v) is 8.74. The van der Waals surface area contributed by atoms with Crippen LogP contribution in [0.5, 0.6) is 0 Å². The van der Waals surface area contributed by atoms with Gasteiger partial charge < -0.3 is 5.32 Å². The molecule has 0 atom stereocenters. The lowest BCUT2D eigenvalue weighted by atomic mass is 10.1. The summed E-state index contributed by atoms with van der Waals surface area (Å²) < 4.78 is 0. The monoisotopic (exact) mass is 355 g/mol. The smallest absolute Gasteiger partial charge is 0.182 e. The van der Waals surface area contributed by atoms with Gasteiger partial charge in [0.1, 0.15) is 5.84 Å². The van der Waals surface area contributed by atoms with Crippen molar-refractivity contribution in [2.75, 3.05) is 18.4 Å². The molecule has 130 valence electrons. The summed E-state index contributed by atoms with van der Waals surface area (Å²) in [6, 6.07) is 9.65. The molecular weight excluding hydrogens is 334 g/mol. The molecule has 5 nitrogen and oxygen atoms in total. The number of nitrogens with one attached hydrogen (secondary N) is 2. The van der Waals surface area contributed by atoms with Gasteiger partial charge in [0.05, 0.1) is 5.69 Å². The van der Waals surface area contributed by atoms with Crippen LogP contribution in [0.4, 0.5) is 5.69 Å². The zero-order valence-electron chi connectivity index (χ0n) is 14.3. The Bertz CT molecular complexity index is 751. The van der Waals surface area contributed by atoms with Gasteiger partial charge in [-0.1, -0.05) is 43.1 Å². The molecular formula is C19H22ClN5. The summed E-state index contributed by atoms with van der Waals surface area (Å²) in [5, 5.41) is 15.7. The average molecular weight is 356 g/mol. The van der Waals surface area contributed by atoms with Crippen molar-refractivity contribution in [2.24, 2.45) is 4.99 Å². The first-order valence-electron chi connectivity index (χ1n) is 8.37. The number of halogens is 1. The first kappa shape index (κ1) is 18.8. The summed E-state index contributed by atoms with van der Waals surface area (Å²) in [4.78, 5) is 8.75. The highest BCUT2D eigenvalue weighted by Crippen LogP contribution is 2.15. The van der Waals surface area contributed by atoms with Crippen LogP contribution in [0, 0.1) is 11.5 Å². The highest BCUT2D eigenvalue weighted by atomic mass is 35.5. The fourth-order valence-electron chi connectivity index (χ4n) is 2.32. The number of amidine groups is 1. The second-order valence-electron chi connectivity index (χ2n) is 5.55. The Labute approximate surface area is 153 Å². The molecule has 0 spiro atoms. The molecule has 0 radical (unpaired) electrons. The molecule has 1 aromatic heterocycles. The number of aliphatic imine (C=N–C) groups is 1. The number of nitriles is 1. The van der Waals surface area contributed by atoms with E-state index in [9.17, 15) is 0 Å². The minimum absolute atomic E-state index is 0.515. The van der Waals surface area contributed by atoms with Crippen LogP contribution in [0.25, 0.3) is 0 Å². The van der Waals surface area contributed by atoms with E-state index in [1.54, 1.807) is 12.4 Å². The molecule has 0 aliphatic carbocycles. The van der Waals surface area contributed by atoms with Crippen LogP contribution in [0.15, 0.2) is 47.7 Å². The zero-order chi connectivity index (χ0) is 17.9. The molecule has 2 aromatic rings. The maximum Gasteiger partial charge on any atom is 0.182 e. The third kappa shape index (κ3) is 6.09. The van der Waals surface area contributed by atoms with Crippen molar-refractivity contribution in [3.8, 4) is 6.19 Å². The largest absolute Gasteiger partial charge is 0.384 e. The van der Waals surface area contributed by atoms with Gasteiger partial charge in [-0.05, 0) is 30.5 Å². The lowest BCUT2D eigenvalue weighted by Crippen LogP contribution is -2.20. The highest BCUT2D eigenvalue weighted by Gasteiger charge is 2.05. The molecule has 6 heteroatoms. The van der Waals surface area contributed by atoms with Gasteiger partial charge in [0.2, 0.25) is 0 Å². The molecule has 0 bridgehead atoms. The molecule has 0 amide bonds. The van der Waals surface area contributed by atoms with Crippen LogP contribution in [-0.4, -0.2) is 23.9 Å². The van der Waals surface area contributed by atoms with Gasteiger partial charge in [-0.3, -0.25) is 15.3 Å². The van der Waals surface area contributed by atoms with Gasteiger partial charge >= 0.3 is 0 Å². The van der Waals surface area contributed by atoms with E-state index in [-0.39, 0.29) is 0 Å². The Morgan fingerprint density at radius 1 is 1.32 bits per heavy atom. The molecule has 1 heterocycles. The van der Waals surface area contributed by atoms with Crippen LogP contribution >= 0.6 is 11.6 Å². The van der Waals surface area contributed by atoms with Gasteiger partial charge in [0.25, 0.3) is 0 Å². The molecule has 0 unspecified atom stereocenters. The second-order valence-corrected chi connectivity index (χ2v) is 5.96. The predicted octanol–water partition coefficient (Wildman–Crippen LogP) is 4.01. The Hall–Kier alpha value is -2.58. The van der Waals surface area contributed by atoms with E-state index in [1.807, 2.05) is 36.5 Å². The van der Waals surface area contributed by atoms with Crippen LogP contribution < -0.4 is 10.6 Å². The number of aromatic nitrogens is 1. The summed E-state index contributed by atoms with van der Waals surface area (Å²) in [5.41, 5.74) is 2.74. The Balaban J connectivity index is 2.07. The minimum Gasteiger partial charge on any atom is -0.384 e. The molecule has 0 saturated carbocycles. The number of rotatable bonds is 8. The number of nitrogens with zero attached hydrogens (tertiary/aromatic N) is 3. The van der Waals surface area contributed by atoms with E-state index in [4.69, 9.17) is 16.9 Å². The number of unbranched alkanes of at least 4 members (excludes halogenated alkanes) is 1. The van der Waals surface area contributed by atoms with Crippen molar-refractivity contribution in [1.29, 1.82) is 5.26 Å². The average Bonchev–Trinajstić information content (AvgIpc) is 2.63. The van der Waals surface area contributed by atoms with Crippen molar-refractivity contribution in [1.82, 2.24) is 10.3 Å². The standard InChI is InChI=1S/C19H22ClN5/c1-2-3-9-23-17-11-16(12-22-13-17)19(25-14-21)24-10-8-15-6-4-5-7-18(15)20/h4-7,11-13,23H,2-3,8-10H2,1H3,(H,24,25). The quantitative estimate of drug-likeness (QED) is 0.247. The molecule has 0 saturated heterocycles. The first-order chi connectivity index (χ1) is 12.2. The summed E-state index contributed by atoms with van der Waals surface area (Å²) in [5.74, 6) is 0.515. The van der Waals surface area contributed by atoms with E-state index in [2.05, 4.69) is 27.5 Å². The van der Waals surface area contributed by atoms with Gasteiger partial charge in [0.15, 0.2) is 6.19 Å². The topological polar surface area (TPSA) is 73.1 Å². The number of anilines is 1. The molecule has 1 aromatic carbocycles. The summed E-state index contributed by atoms with van der Waals surface area (Å²) in [7, 11) is 0. The zero-order valence-corrected chi connectivity index (χ0v) is 15.1. The minimum atomic E-state index is 0.515. The van der Waals surface area contributed by atoms with Crippen molar-refractivity contribution < 1.29 is 0 Å². The molecule has 2 rings (SSSR count). The van der Waals surface area contributed by atoms with E-state index in [1.165, 1.54) is 0 Å². The van der Waals surface area contributed by atoms with Crippen molar-refractivity contribution in [2.45, 2.75) is 26.2 Å². The Morgan fingerprint density at radius 2 is 2.16 bits per heavy atom. The summed E-state index contributed by atoms with van der Waals surface area (Å²) >= 11 is 6.16. The fourth-order valence-corrected chi connectivity index (χ4v) is 2.55. The summed E-state index contributed by atoms with van der Waals surface area (Å²) in [6.07, 6.45) is 8.34. The van der Waals surface area contributed by atoms with Gasteiger partial charge in [0, 0.05) is 36.1 Å². The second kappa shape index (κ2) is 10.3. The van der Waals surface area contributed by atoms with E-state index < -0.39 is 0 Å². The SMILES string of the molecule is CCCCNc1cncc(C(=NCCc2ccccc2Cl)NC#N)c1. The highest BCUT2D eigenvalue weighted by molar-refractivity contribution is 6.31. The Kier molecular flexibility index (Phi) is 7.74. The number of pyridine rings is 1. The molecule has 25 heavy (non-hydrogen) atoms. The molecule has 0 aliphatic rings. The molecule has 2 N–H and O–H groups in total. The molecule has 0 fully saturated rings. The number of benzene rings is 1. The van der Waals surface area contributed by atoms with Gasteiger partial charge in [-0.15, -0.1) is 0 Å². The van der Waals surface area contributed by atoms with E-state index in [0.29, 0.717) is 18.8 Å². The van der Waals surface area contributed by atoms with Crippen molar-refractivity contribution >= 4 is 23.1 Å². The van der Waals surface area contributed by atoms with Crippen LogP contribution in [0.1, 0.15) is 30.9 Å². The predicted molar refractivity (Wildman–Crippen MR) is 103 cm³/mol. The lowest BCUT2D eigenvalue weighted by Gasteiger charge is -2.09. The van der Waals surface area contributed by atoms with Crippen LogP contribution in [0.3, 0.4) is 0 Å².